The number of hydrogen-bond donors (Lipinski definition) is 2. The Balaban J connectivity index is 1.59. The third-order valence-corrected chi connectivity index (χ3v) is 3.44. The first-order chi connectivity index (χ1) is 11.2. The fraction of sp³-hybridized carbons (Fsp3) is 0.0526. The van der Waals surface area contributed by atoms with Crippen molar-refractivity contribution in [2.45, 2.75) is 0 Å². The van der Waals surface area contributed by atoms with Gasteiger partial charge in [0.25, 0.3) is 0 Å². The molecule has 0 heterocycles. The number of benzene rings is 3. The van der Waals surface area contributed by atoms with E-state index in [1.807, 2.05) is 42.5 Å². The summed E-state index contributed by atoms with van der Waals surface area (Å²) < 4.78 is 11.1. The molecule has 0 aromatic heterocycles. The van der Waals surface area contributed by atoms with Gasteiger partial charge >= 0.3 is 0 Å². The van der Waals surface area contributed by atoms with Gasteiger partial charge in [-0.3, -0.25) is 0 Å². The van der Waals surface area contributed by atoms with Crippen LogP contribution >= 0.6 is 0 Å². The van der Waals surface area contributed by atoms with Gasteiger partial charge in [-0.05, 0) is 41.5 Å². The van der Waals surface area contributed by atoms with Crippen molar-refractivity contribution in [3.05, 3.63) is 72.8 Å². The van der Waals surface area contributed by atoms with Crippen molar-refractivity contribution in [2.24, 2.45) is 0 Å². The van der Waals surface area contributed by atoms with E-state index in [0.717, 1.165) is 11.3 Å². The summed E-state index contributed by atoms with van der Waals surface area (Å²) in [6.07, 6.45) is 0. The van der Waals surface area contributed by atoms with Crippen LogP contribution in [0.15, 0.2) is 72.8 Å². The molecule has 3 aromatic carbocycles. The zero-order valence-corrected chi connectivity index (χ0v) is 12.6. The highest BCUT2D eigenvalue weighted by Gasteiger charge is 2.02. The molecular weight excluding hydrogens is 288 g/mol. The van der Waals surface area contributed by atoms with Gasteiger partial charge in [0.1, 0.15) is 11.5 Å². The van der Waals surface area contributed by atoms with Gasteiger partial charge in [0.05, 0.1) is 5.69 Å². The van der Waals surface area contributed by atoms with E-state index in [1.54, 1.807) is 18.2 Å². The molecular formula is C19H18N2O2. The lowest BCUT2D eigenvalue weighted by Gasteiger charge is -2.11. The van der Waals surface area contributed by atoms with Crippen molar-refractivity contribution in [1.29, 1.82) is 0 Å². The predicted molar refractivity (Wildman–Crippen MR) is 93.3 cm³/mol. The van der Waals surface area contributed by atoms with E-state index in [0.29, 0.717) is 17.1 Å². The first-order valence-electron chi connectivity index (χ1n) is 7.28. The van der Waals surface area contributed by atoms with Crippen LogP contribution in [0.3, 0.4) is 0 Å². The summed E-state index contributed by atoms with van der Waals surface area (Å²) in [5.74, 6) is 1.29. The SMILES string of the molecule is Nc1ccc(OCOc2ccc(-c3ccccc3)cc2)c(N)c1. The number of nitrogen functional groups attached to an aromatic ring is 2. The molecule has 0 aliphatic heterocycles. The zero-order valence-electron chi connectivity index (χ0n) is 12.6. The minimum absolute atomic E-state index is 0.0821. The van der Waals surface area contributed by atoms with Gasteiger partial charge in [-0.25, -0.2) is 0 Å². The molecule has 0 saturated carbocycles. The topological polar surface area (TPSA) is 70.5 Å². The third-order valence-electron chi connectivity index (χ3n) is 3.44. The van der Waals surface area contributed by atoms with Crippen LogP contribution in [0.1, 0.15) is 0 Å². The molecule has 0 saturated heterocycles. The summed E-state index contributed by atoms with van der Waals surface area (Å²) in [5.41, 5.74) is 14.9. The number of rotatable bonds is 5. The summed E-state index contributed by atoms with van der Waals surface area (Å²) in [4.78, 5) is 0. The molecule has 3 aromatic rings. The molecule has 0 atom stereocenters. The highest BCUT2D eigenvalue weighted by atomic mass is 16.7. The maximum atomic E-state index is 5.82. The van der Waals surface area contributed by atoms with Gasteiger partial charge < -0.3 is 20.9 Å². The predicted octanol–water partition coefficient (Wildman–Crippen LogP) is 3.93. The maximum Gasteiger partial charge on any atom is 0.230 e. The summed E-state index contributed by atoms with van der Waals surface area (Å²) >= 11 is 0. The van der Waals surface area contributed by atoms with Crippen LogP contribution in [0.25, 0.3) is 11.1 Å². The highest BCUT2D eigenvalue weighted by Crippen LogP contribution is 2.25. The van der Waals surface area contributed by atoms with Crippen molar-refractivity contribution >= 4 is 11.4 Å². The Kier molecular flexibility index (Phi) is 4.34. The molecule has 3 rings (SSSR count). The van der Waals surface area contributed by atoms with Crippen LogP contribution in [0.2, 0.25) is 0 Å². The van der Waals surface area contributed by atoms with E-state index in [9.17, 15) is 0 Å². The van der Waals surface area contributed by atoms with Crippen LogP contribution in [0, 0.1) is 0 Å². The molecule has 4 heteroatoms. The first-order valence-corrected chi connectivity index (χ1v) is 7.28. The molecule has 0 unspecified atom stereocenters. The summed E-state index contributed by atoms with van der Waals surface area (Å²) in [7, 11) is 0. The van der Waals surface area contributed by atoms with Crippen molar-refractivity contribution in [3.8, 4) is 22.6 Å². The van der Waals surface area contributed by atoms with Crippen molar-refractivity contribution < 1.29 is 9.47 Å². The lowest BCUT2D eigenvalue weighted by atomic mass is 10.1. The second-order valence-corrected chi connectivity index (χ2v) is 5.09. The second-order valence-electron chi connectivity index (χ2n) is 5.09. The summed E-state index contributed by atoms with van der Waals surface area (Å²) in [5, 5.41) is 0. The van der Waals surface area contributed by atoms with Gasteiger partial charge in [-0.1, -0.05) is 42.5 Å². The van der Waals surface area contributed by atoms with Crippen molar-refractivity contribution in [2.75, 3.05) is 18.3 Å². The largest absolute Gasteiger partial charge is 0.457 e. The van der Waals surface area contributed by atoms with Gasteiger partial charge in [0.15, 0.2) is 0 Å². The van der Waals surface area contributed by atoms with Gasteiger partial charge in [-0.15, -0.1) is 0 Å². The molecule has 0 aliphatic carbocycles. The smallest absolute Gasteiger partial charge is 0.230 e. The molecule has 0 spiro atoms. The number of ether oxygens (including phenoxy) is 2. The number of nitrogens with two attached hydrogens (primary N) is 2. The van der Waals surface area contributed by atoms with E-state index in [1.165, 1.54) is 5.56 Å². The molecule has 0 fully saturated rings. The van der Waals surface area contributed by atoms with Crippen LogP contribution < -0.4 is 20.9 Å². The molecule has 0 aliphatic rings. The Hall–Kier alpha value is -3.14. The molecule has 4 nitrogen and oxygen atoms in total. The fourth-order valence-corrected chi connectivity index (χ4v) is 2.23. The average molecular weight is 306 g/mol. The number of hydrogen-bond acceptors (Lipinski definition) is 4. The molecule has 116 valence electrons. The number of anilines is 2. The Bertz CT molecular complexity index is 771. The summed E-state index contributed by atoms with van der Waals surface area (Å²) in [6, 6.07) is 23.2. The zero-order chi connectivity index (χ0) is 16.1. The van der Waals surface area contributed by atoms with E-state index < -0.39 is 0 Å². The van der Waals surface area contributed by atoms with Crippen LogP contribution in [-0.2, 0) is 0 Å². The van der Waals surface area contributed by atoms with E-state index >= 15 is 0 Å². The first kappa shape index (κ1) is 14.8. The van der Waals surface area contributed by atoms with Gasteiger partial charge in [0.2, 0.25) is 6.79 Å². The lowest BCUT2D eigenvalue weighted by Crippen LogP contribution is -2.07. The van der Waals surface area contributed by atoms with E-state index in [4.69, 9.17) is 20.9 Å². The molecule has 0 radical (unpaired) electrons. The Morgan fingerprint density at radius 1 is 0.696 bits per heavy atom. The molecule has 23 heavy (non-hydrogen) atoms. The second kappa shape index (κ2) is 6.75. The van der Waals surface area contributed by atoms with E-state index in [-0.39, 0.29) is 6.79 Å². The van der Waals surface area contributed by atoms with Crippen molar-refractivity contribution in [3.63, 3.8) is 0 Å². The van der Waals surface area contributed by atoms with E-state index in [2.05, 4.69) is 12.1 Å². The average Bonchev–Trinajstić information content (AvgIpc) is 2.58. The summed E-state index contributed by atoms with van der Waals surface area (Å²) in [6.45, 7) is 0.0821. The highest BCUT2D eigenvalue weighted by molar-refractivity contribution is 5.64. The molecule has 4 N–H and O–H groups in total. The lowest BCUT2D eigenvalue weighted by molar-refractivity contribution is 0.120. The monoisotopic (exact) mass is 306 g/mol. The van der Waals surface area contributed by atoms with Crippen LogP contribution in [0.5, 0.6) is 11.5 Å². The quantitative estimate of drug-likeness (QED) is 0.553. The molecule has 0 amide bonds. The Morgan fingerprint density at radius 2 is 1.39 bits per heavy atom. The van der Waals surface area contributed by atoms with Gasteiger partial charge in [0, 0.05) is 5.69 Å². The van der Waals surface area contributed by atoms with Crippen LogP contribution in [-0.4, -0.2) is 6.79 Å². The Morgan fingerprint density at radius 3 is 2.09 bits per heavy atom. The minimum Gasteiger partial charge on any atom is -0.457 e. The maximum absolute atomic E-state index is 5.82. The fourth-order valence-electron chi connectivity index (χ4n) is 2.23. The van der Waals surface area contributed by atoms with Crippen LogP contribution in [0.4, 0.5) is 11.4 Å². The van der Waals surface area contributed by atoms with Crippen molar-refractivity contribution in [1.82, 2.24) is 0 Å². The molecule has 0 bridgehead atoms. The van der Waals surface area contributed by atoms with Gasteiger partial charge in [-0.2, -0.15) is 0 Å². The standard InChI is InChI=1S/C19H18N2O2/c20-16-8-11-19(18(21)12-16)23-13-22-17-9-6-15(7-10-17)14-4-2-1-3-5-14/h1-12H,13,20-21H2. The third kappa shape index (κ3) is 3.74. The minimum atomic E-state index is 0.0821. The Labute approximate surface area is 135 Å². The normalized spacial score (nSPS) is 10.3.